The molecule has 164 valence electrons. The number of carboxylic acid groups (broad SMARTS) is 1. The Morgan fingerprint density at radius 1 is 1.16 bits per heavy atom. The summed E-state index contributed by atoms with van der Waals surface area (Å²) in [6.07, 6.45) is 2.26. The molecular formula is C25H26N4O3. The molecule has 32 heavy (non-hydrogen) atoms. The number of aryl methyl sites for hydroxylation is 2. The van der Waals surface area contributed by atoms with Crippen LogP contribution < -0.4 is 5.69 Å². The van der Waals surface area contributed by atoms with Crippen molar-refractivity contribution >= 4 is 27.9 Å². The lowest BCUT2D eigenvalue weighted by atomic mass is 10.0. The molecule has 0 amide bonds. The van der Waals surface area contributed by atoms with E-state index in [1.807, 2.05) is 20.0 Å². The Morgan fingerprint density at radius 2 is 1.88 bits per heavy atom. The van der Waals surface area contributed by atoms with E-state index in [9.17, 15) is 20.0 Å². The van der Waals surface area contributed by atoms with E-state index in [-0.39, 0.29) is 18.2 Å². The summed E-state index contributed by atoms with van der Waals surface area (Å²) < 4.78 is 3.25. The highest BCUT2D eigenvalue weighted by Crippen LogP contribution is 2.32. The number of imidazole rings is 1. The fraction of sp³-hybridized carbons (Fsp3) is 0.320. The molecule has 0 aliphatic heterocycles. The molecule has 2 aromatic heterocycles. The average Bonchev–Trinajstić information content (AvgIpc) is 3.29. The Kier molecular flexibility index (Phi) is 5.39. The molecule has 4 aromatic rings. The van der Waals surface area contributed by atoms with Crippen LogP contribution >= 0.6 is 0 Å². The minimum absolute atomic E-state index is 0.160. The van der Waals surface area contributed by atoms with Crippen molar-refractivity contribution in [3.63, 3.8) is 0 Å². The number of benzene rings is 2. The lowest BCUT2D eigenvalue weighted by Crippen LogP contribution is -2.30. The van der Waals surface area contributed by atoms with Gasteiger partial charge >= 0.3 is 11.7 Å². The van der Waals surface area contributed by atoms with E-state index in [0.29, 0.717) is 23.0 Å². The Morgan fingerprint density at radius 3 is 2.53 bits per heavy atom. The predicted molar refractivity (Wildman–Crippen MR) is 124 cm³/mol. The van der Waals surface area contributed by atoms with E-state index < -0.39 is 12.0 Å². The number of hydrogen-bond donors (Lipinski definition) is 2. The molecule has 7 heteroatoms. The summed E-state index contributed by atoms with van der Waals surface area (Å²) >= 11 is 0. The van der Waals surface area contributed by atoms with Gasteiger partial charge < -0.3 is 10.1 Å². The number of H-pyrrole nitrogens is 1. The maximum atomic E-state index is 13.7. The monoisotopic (exact) mass is 430 g/mol. The van der Waals surface area contributed by atoms with E-state index in [1.54, 1.807) is 27.3 Å². The highest BCUT2D eigenvalue weighted by atomic mass is 16.4. The van der Waals surface area contributed by atoms with Crippen molar-refractivity contribution in [3.8, 4) is 6.07 Å². The first-order chi connectivity index (χ1) is 15.3. The van der Waals surface area contributed by atoms with Crippen molar-refractivity contribution in [1.82, 2.24) is 14.1 Å². The Labute approximate surface area is 185 Å². The van der Waals surface area contributed by atoms with Crippen molar-refractivity contribution in [2.24, 2.45) is 0 Å². The summed E-state index contributed by atoms with van der Waals surface area (Å²) in [6.45, 7) is 7.97. The van der Waals surface area contributed by atoms with Crippen LogP contribution in [-0.2, 0) is 4.79 Å². The SMILES string of the molecule is CCC(CC(=O)O)n1c(=O)n(C(C)c2c[nH]c3cc(C)c(C)cc23)c2ccc(C#N)cc21. The van der Waals surface area contributed by atoms with Crippen LogP contribution in [0.4, 0.5) is 0 Å². The lowest BCUT2D eigenvalue weighted by molar-refractivity contribution is -0.137. The molecule has 0 fully saturated rings. The van der Waals surface area contributed by atoms with E-state index in [1.165, 1.54) is 11.1 Å². The van der Waals surface area contributed by atoms with Crippen LogP contribution in [0.25, 0.3) is 21.9 Å². The second kappa shape index (κ2) is 8.04. The van der Waals surface area contributed by atoms with E-state index in [2.05, 4.69) is 37.0 Å². The molecule has 0 aliphatic rings. The van der Waals surface area contributed by atoms with E-state index in [4.69, 9.17) is 0 Å². The number of fused-ring (bicyclic) bond motifs is 2. The van der Waals surface area contributed by atoms with Gasteiger partial charge in [-0.1, -0.05) is 6.92 Å². The third kappa shape index (κ3) is 3.38. The molecule has 0 aliphatic carbocycles. The number of nitrogens with one attached hydrogen (secondary N) is 1. The van der Waals surface area contributed by atoms with Crippen LogP contribution in [0.15, 0.2) is 41.3 Å². The van der Waals surface area contributed by atoms with Gasteiger partial charge in [-0.25, -0.2) is 4.79 Å². The van der Waals surface area contributed by atoms with Gasteiger partial charge in [-0.2, -0.15) is 5.26 Å². The van der Waals surface area contributed by atoms with E-state index in [0.717, 1.165) is 16.5 Å². The van der Waals surface area contributed by atoms with Crippen molar-refractivity contribution in [2.75, 3.05) is 0 Å². The number of carbonyl (C=O) groups is 1. The van der Waals surface area contributed by atoms with Gasteiger partial charge in [0.15, 0.2) is 0 Å². The second-order valence-electron chi connectivity index (χ2n) is 8.40. The van der Waals surface area contributed by atoms with Gasteiger partial charge in [0.1, 0.15) is 0 Å². The van der Waals surface area contributed by atoms with Crippen LogP contribution in [0.2, 0.25) is 0 Å². The minimum Gasteiger partial charge on any atom is -0.481 e. The normalized spacial score (nSPS) is 13.3. The number of rotatable bonds is 6. The Balaban J connectivity index is 1.98. The van der Waals surface area contributed by atoms with Crippen LogP contribution in [0, 0.1) is 25.2 Å². The Hall–Kier alpha value is -3.79. The molecule has 7 nitrogen and oxygen atoms in total. The molecule has 0 saturated carbocycles. The zero-order valence-electron chi connectivity index (χ0n) is 18.6. The van der Waals surface area contributed by atoms with Crippen molar-refractivity contribution < 1.29 is 9.90 Å². The molecule has 0 saturated heterocycles. The molecule has 0 bridgehead atoms. The van der Waals surface area contributed by atoms with Crippen molar-refractivity contribution in [1.29, 1.82) is 5.26 Å². The predicted octanol–water partition coefficient (Wildman–Crippen LogP) is 4.81. The fourth-order valence-corrected chi connectivity index (χ4v) is 4.55. The summed E-state index contributed by atoms with van der Waals surface area (Å²) in [7, 11) is 0. The van der Waals surface area contributed by atoms with Crippen molar-refractivity contribution in [3.05, 3.63) is 69.3 Å². The zero-order valence-corrected chi connectivity index (χ0v) is 18.6. The van der Waals surface area contributed by atoms with Crippen LogP contribution in [0.5, 0.6) is 0 Å². The second-order valence-corrected chi connectivity index (χ2v) is 8.40. The molecular weight excluding hydrogens is 404 g/mol. The molecule has 2 heterocycles. The molecule has 0 spiro atoms. The first-order valence-corrected chi connectivity index (χ1v) is 10.7. The summed E-state index contributed by atoms with van der Waals surface area (Å²) in [5, 5.41) is 19.8. The van der Waals surface area contributed by atoms with Gasteiger partial charge in [0.05, 0.1) is 35.1 Å². The number of carboxylic acids is 1. The number of aliphatic carboxylic acids is 1. The minimum atomic E-state index is -0.961. The van der Waals surface area contributed by atoms with E-state index >= 15 is 0 Å². The summed E-state index contributed by atoms with van der Waals surface area (Å²) in [5.41, 5.74) is 5.79. The van der Waals surface area contributed by atoms with Crippen LogP contribution in [-0.4, -0.2) is 25.2 Å². The molecule has 2 aromatic carbocycles. The number of aromatic nitrogens is 3. The maximum absolute atomic E-state index is 13.7. The number of hydrogen-bond acceptors (Lipinski definition) is 3. The zero-order chi connectivity index (χ0) is 23.2. The summed E-state index contributed by atoms with van der Waals surface area (Å²) in [4.78, 5) is 28.5. The largest absolute Gasteiger partial charge is 0.481 e. The number of nitriles is 1. The standard InChI is InChI=1S/C25H26N4O3/c1-5-18(11-24(30)31)29-23-10-17(12-26)6-7-22(23)28(25(29)32)16(4)20-13-27-21-9-15(3)14(2)8-19(20)21/h6-10,13,16,18,27H,5,11H2,1-4H3,(H,30,31). The summed E-state index contributed by atoms with van der Waals surface area (Å²) in [6, 6.07) is 10.7. The van der Waals surface area contributed by atoms with Crippen LogP contribution in [0.1, 0.15) is 61.0 Å². The van der Waals surface area contributed by atoms with Crippen LogP contribution in [0.3, 0.4) is 0 Å². The lowest BCUT2D eigenvalue weighted by Gasteiger charge is -2.15. The summed E-state index contributed by atoms with van der Waals surface area (Å²) in [5.74, 6) is -0.961. The third-order valence-electron chi connectivity index (χ3n) is 6.45. The van der Waals surface area contributed by atoms with Gasteiger partial charge in [-0.05, 0) is 68.7 Å². The molecule has 0 radical (unpaired) electrons. The van der Waals surface area contributed by atoms with Crippen molar-refractivity contribution in [2.45, 2.75) is 52.6 Å². The molecule has 2 unspecified atom stereocenters. The smallest absolute Gasteiger partial charge is 0.329 e. The topological polar surface area (TPSA) is 104 Å². The number of nitrogens with zero attached hydrogens (tertiary/aromatic N) is 3. The fourth-order valence-electron chi connectivity index (χ4n) is 4.55. The van der Waals surface area contributed by atoms with Gasteiger partial charge in [-0.15, -0.1) is 0 Å². The average molecular weight is 431 g/mol. The number of aromatic amines is 1. The Bertz CT molecular complexity index is 1450. The van der Waals surface area contributed by atoms with Gasteiger partial charge in [0, 0.05) is 28.7 Å². The van der Waals surface area contributed by atoms with Gasteiger partial charge in [-0.3, -0.25) is 13.9 Å². The molecule has 2 N–H and O–H groups in total. The first kappa shape index (κ1) is 21.4. The third-order valence-corrected chi connectivity index (χ3v) is 6.45. The first-order valence-electron chi connectivity index (χ1n) is 10.7. The highest BCUT2D eigenvalue weighted by molar-refractivity contribution is 5.86. The molecule has 4 rings (SSSR count). The maximum Gasteiger partial charge on any atom is 0.329 e. The highest BCUT2D eigenvalue weighted by Gasteiger charge is 2.25. The quantitative estimate of drug-likeness (QED) is 0.458. The van der Waals surface area contributed by atoms with Gasteiger partial charge in [0.2, 0.25) is 0 Å². The molecule has 2 atom stereocenters. The van der Waals surface area contributed by atoms with Gasteiger partial charge in [0.25, 0.3) is 0 Å².